The highest BCUT2D eigenvalue weighted by atomic mass is 32.3. The average molecular weight is 216 g/mol. The van der Waals surface area contributed by atoms with Gasteiger partial charge in [-0.3, -0.25) is 14.6 Å². The largest absolute Gasteiger partial charge is 0.397 e. The summed E-state index contributed by atoms with van der Waals surface area (Å²) in [5, 5.41) is 9.80. The van der Waals surface area contributed by atoms with Crippen molar-refractivity contribution in [3.05, 3.63) is 0 Å². The van der Waals surface area contributed by atoms with Crippen molar-refractivity contribution in [3.8, 4) is 0 Å². The zero-order chi connectivity index (χ0) is 10.9. The van der Waals surface area contributed by atoms with Gasteiger partial charge in [-0.15, -0.1) is 0 Å². The third-order valence-electron chi connectivity index (χ3n) is 1.00. The highest BCUT2D eigenvalue weighted by Crippen LogP contribution is 1.75. The molecule has 0 atom stereocenters. The lowest BCUT2D eigenvalue weighted by Crippen LogP contribution is -2.33. The molecular weight excluding hydrogens is 200 g/mol. The summed E-state index contributed by atoms with van der Waals surface area (Å²) in [4.78, 5) is 0. The Balaban J connectivity index is 0. The van der Waals surface area contributed by atoms with E-state index >= 15 is 0 Å². The van der Waals surface area contributed by atoms with Gasteiger partial charge in [-0.1, -0.05) is 6.92 Å². The molecule has 0 rings (SSSR count). The van der Waals surface area contributed by atoms with Gasteiger partial charge < -0.3 is 5.11 Å². The number of nitrogens with zero attached hydrogens (tertiary/aromatic N) is 1. The molecule has 82 valence electrons. The Hall–Kier alpha value is -0.250. The molecule has 0 aliphatic carbocycles. The summed E-state index contributed by atoms with van der Waals surface area (Å²) >= 11 is 0. The normalized spacial score (nSPS) is 10.9. The molecule has 0 fully saturated rings. The number of hydrazine groups is 1. The van der Waals surface area contributed by atoms with Crippen molar-refractivity contribution in [2.24, 2.45) is 5.84 Å². The zero-order valence-corrected chi connectivity index (χ0v) is 8.49. The fourth-order valence-corrected chi connectivity index (χ4v) is 0.287. The van der Waals surface area contributed by atoms with E-state index in [1.54, 1.807) is 5.01 Å². The second-order valence-corrected chi connectivity index (χ2v) is 3.14. The Kier molecular flexibility index (Phi) is 9.79. The average Bonchev–Trinajstić information content (AvgIpc) is 2.05. The number of aliphatic hydroxyl groups is 1. The Morgan fingerprint density at radius 2 is 1.92 bits per heavy atom. The molecule has 0 heterocycles. The standard InChI is InChI=1S/C4H12N2O.CH4O4S/c1-2-6(5)3-4-7;1-5-6(2,3)4/h7H,2-5H2,1H3;1H3,(H,2,3,4). The van der Waals surface area contributed by atoms with Gasteiger partial charge in [-0.05, 0) is 0 Å². The molecule has 0 radical (unpaired) electrons. The Bertz CT molecular complexity index is 193. The van der Waals surface area contributed by atoms with E-state index in [-0.39, 0.29) is 6.61 Å². The summed E-state index contributed by atoms with van der Waals surface area (Å²) in [5.74, 6) is 5.26. The van der Waals surface area contributed by atoms with Crippen LogP contribution in [0, 0.1) is 0 Å². The third-order valence-corrected chi connectivity index (χ3v) is 1.43. The molecule has 4 N–H and O–H groups in total. The van der Waals surface area contributed by atoms with Gasteiger partial charge in [0.1, 0.15) is 0 Å². The van der Waals surface area contributed by atoms with E-state index in [1.165, 1.54) is 0 Å². The van der Waals surface area contributed by atoms with Crippen LogP contribution in [0.5, 0.6) is 0 Å². The lowest BCUT2D eigenvalue weighted by molar-refractivity contribution is 0.205. The summed E-state index contributed by atoms with van der Waals surface area (Å²) < 4.78 is 29.7. The van der Waals surface area contributed by atoms with Crippen molar-refractivity contribution < 1.29 is 22.3 Å². The first kappa shape index (κ1) is 15.2. The van der Waals surface area contributed by atoms with Crippen molar-refractivity contribution in [3.63, 3.8) is 0 Å². The first-order valence-corrected chi connectivity index (χ1v) is 4.87. The van der Waals surface area contributed by atoms with Gasteiger partial charge >= 0.3 is 10.4 Å². The second kappa shape index (κ2) is 8.35. The maximum absolute atomic E-state index is 9.33. The molecule has 0 saturated heterocycles. The molecule has 0 aliphatic rings. The fraction of sp³-hybridized carbons (Fsp3) is 1.00. The molecule has 0 saturated carbocycles. The second-order valence-electron chi connectivity index (χ2n) is 1.95. The molecule has 0 aromatic heterocycles. The number of hydrogen-bond acceptors (Lipinski definition) is 6. The van der Waals surface area contributed by atoms with Gasteiger partial charge in [-0.2, -0.15) is 8.42 Å². The number of nitrogens with two attached hydrogens (primary N) is 1. The molecule has 0 unspecified atom stereocenters. The first-order valence-electron chi connectivity index (χ1n) is 3.50. The van der Waals surface area contributed by atoms with Crippen LogP contribution in [0.15, 0.2) is 0 Å². The fourth-order valence-electron chi connectivity index (χ4n) is 0.287. The van der Waals surface area contributed by atoms with E-state index < -0.39 is 10.4 Å². The van der Waals surface area contributed by atoms with Crippen molar-refractivity contribution in [1.29, 1.82) is 0 Å². The van der Waals surface area contributed by atoms with Crippen LogP contribution in [0.1, 0.15) is 6.92 Å². The van der Waals surface area contributed by atoms with Gasteiger partial charge in [0.15, 0.2) is 0 Å². The van der Waals surface area contributed by atoms with Crippen LogP contribution in [-0.2, 0) is 14.6 Å². The van der Waals surface area contributed by atoms with E-state index in [4.69, 9.17) is 15.5 Å². The lowest BCUT2D eigenvalue weighted by Gasteiger charge is -2.09. The number of rotatable bonds is 4. The first-order chi connectivity index (χ1) is 5.87. The predicted octanol–water partition coefficient (Wildman–Crippen LogP) is -1.39. The van der Waals surface area contributed by atoms with Crippen LogP contribution in [0.25, 0.3) is 0 Å². The van der Waals surface area contributed by atoms with Crippen LogP contribution >= 0.6 is 0 Å². The Morgan fingerprint density at radius 1 is 1.54 bits per heavy atom. The Labute approximate surface area is 78.0 Å². The van der Waals surface area contributed by atoms with E-state index in [2.05, 4.69) is 4.18 Å². The van der Waals surface area contributed by atoms with Gasteiger partial charge in [0.05, 0.1) is 13.7 Å². The SMILES string of the molecule is CCN(N)CCO.COS(=O)(=O)O. The predicted molar refractivity (Wildman–Crippen MR) is 47.1 cm³/mol. The minimum atomic E-state index is -4.16. The molecule has 0 spiro atoms. The maximum Gasteiger partial charge on any atom is 0.397 e. The smallest absolute Gasteiger partial charge is 0.395 e. The maximum atomic E-state index is 9.33. The molecule has 7 nitrogen and oxygen atoms in total. The highest BCUT2D eigenvalue weighted by Gasteiger charge is 1.94. The molecule has 0 bridgehead atoms. The summed E-state index contributed by atoms with van der Waals surface area (Å²) in [6.07, 6.45) is 0. The van der Waals surface area contributed by atoms with Crippen molar-refractivity contribution in [2.75, 3.05) is 26.8 Å². The quantitative estimate of drug-likeness (QED) is 0.301. The van der Waals surface area contributed by atoms with Crippen molar-refractivity contribution >= 4 is 10.4 Å². The molecular formula is C5H16N2O5S. The molecule has 0 aromatic carbocycles. The highest BCUT2D eigenvalue weighted by molar-refractivity contribution is 7.80. The van der Waals surface area contributed by atoms with E-state index in [0.717, 1.165) is 13.7 Å². The summed E-state index contributed by atoms with van der Waals surface area (Å²) in [6.45, 7) is 3.44. The third kappa shape index (κ3) is 18.6. The topological polar surface area (TPSA) is 113 Å². The van der Waals surface area contributed by atoms with Crippen LogP contribution in [0.4, 0.5) is 0 Å². The minimum Gasteiger partial charge on any atom is -0.395 e. The number of likely N-dealkylation sites (N-methyl/N-ethyl adjacent to an activating group) is 1. The molecule has 0 amide bonds. The van der Waals surface area contributed by atoms with E-state index in [9.17, 15) is 8.42 Å². The van der Waals surface area contributed by atoms with Crippen LogP contribution in [-0.4, -0.2) is 49.9 Å². The van der Waals surface area contributed by atoms with Crippen LogP contribution < -0.4 is 5.84 Å². The lowest BCUT2D eigenvalue weighted by atomic mass is 10.6. The molecule has 8 heteroatoms. The summed E-state index contributed by atoms with van der Waals surface area (Å²) in [5.41, 5.74) is 0. The monoisotopic (exact) mass is 216 g/mol. The van der Waals surface area contributed by atoms with Crippen LogP contribution in [0.2, 0.25) is 0 Å². The molecule has 13 heavy (non-hydrogen) atoms. The Morgan fingerprint density at radius 3 is 2.00 bits per heavy atom. The van der Waals surface area contributed by atoms with Gasteiger partial charge in [0.25, 0.3) is 0 Å². The number of hydrogen-bond donors (Lipinski definition) is 3. The molecule has 0 aliphatic heterocycles. The van der Waals surface area contributed by atoms with Crippen LogP contribution in [0.3, 0.4) is 0 Å². The van der Waals surface area contributed by atoms with E-state index in [0.29, 0.717) is 6.54 Å². The van der Waals surface area contributed by atoms with Gasteiger partial charge in [-0.25, -0.2) is 5.01 Å². The van der Waals surface area contributed by atoms with Gasteiger partial charge in [0.2, 0.25) is 0 Å². The number of aliphatic hydroxyl groups excluding tert-OH is 1. The van der Waals surface area contributed by atoms with Crippen molar-refractivity contribution in [1.82, 2.24) is 5.01 Å². The minimum absolute atomic E-state index is 0.143. The van der Waals surface area contributed by atoms with Crippen molar-refractivity contribution in [2.45, 2.75) is 6.92 Å². The van der Waals surface area contributed by atoms with Gasteiger partial charge in [0, 0.05) is 13.1 Å². The summed E-state index contributed by atoms with van der Waals surface area (Å²) in [7, 11) is -3.29. The summed E-state index contributed by atoms with van der Waals surface area (Å²) in [6, 6.07) is 0. The molecule has 0 aromatic rings. The van der Waals surface area contributed by atoms with E-state index in [1.807, 2.05) is 6.92 Å². The zero-order valence-electron chi connectivity index (χ0n) is 7.67.